The standard InChI is InChI=1S/C11H7FN2/c12-14-7-6-10(8-13)11(14)9-4-2-1-3-5-9/h1-7H. The molecule has 0 spiro atoms. The highest BCUT2D eigenvalue weighted by atomic mass is 19.2. The van der Waals surface area contributed by atoms with Gasteiger partial charge in [-0.15, -0.1) is 0 Å². The van der Waals surface area contributed by atoms with Crippen LogP contribution >= 0.6 is 0 Å². The normalized spacial score (nSPS) is 9.71. The van der Waals surface area contributed by atoms with Crippen LogP contribution in [0.5, 0.6) is 0 Å². The fourth-order valence-corrected chi connectivity index (χ4v) is 1.37. The summed E-state index contributed by atoms with van der Waals surface area (Å²) in [6.07, 6.45) is 1.24. The molecule has 0 fully saturated rings. The molecule has 1 heterocycles. The second-order valence-corrected chi connectivity index (χ2v) is 2.87. The zero-order chi connectivity index (χ0) is 9.97. The molecule has 68 valence electrons. The van der Waals surface area contributed by atoms with Crippen molar-refractivity contribution in [1.82, 2.24) is 4.79 Å². The van der Waals surface area contributed by atoms with Crippen LogP contribution in [0.2, 0.25) is 0 Å². The molecule has 0 atom stereocenters. The highest BCUT2D eigenvalue weighted by Gasteiger charge is 2.10. The fraction of sp³-hybridized carbons (Fsp3) is 0. The summed E-state index contributed by atoms with van der Waals surface area (Å²) in [6, 6.07) is 12.4. The molecule has 14 heavy (non-hydrogen) atoms. The third kappa shape index (κ3) is 1.27. The monoisotopic (exact) mass is 186 g/mol. The van der Waals surface area contributed by atoms with Crippen molar-refractivity contribution in [2.75, 3.05) is 0 Å². The molecule has 0 aliphatic heterocycles. The van der Waals surface area contributed by atoms with E-state index in [4.69, 9.17) is 5.26 Å². The molecule has 0 saturated carbocycles. The van der Waals surface area contributed by atoms with Crippen LogP contribution in [0.25, 0.3) is 11.3 Å². The van der Waals surface area contributed by atoms with Crippen LogP contribution in [-0.4, -0.2) is 4.79 Å². The molecule has 1 aromatic carbocycles. The van der Waals surface area contributed by atoms with E-state index in [1.54, 1.807) is 12.1 Å². The molecule has 0 bridgehead atoms. The lowest BCUT2D eigenvalue weighted by Crippen LogP contribution is -1.86. The van der Waals surface area contributed by atoms with Gasteiger partial charge in [0, 0.05) is 11.8 Å². The summed E-state index contributed by atoms with van der Waals surface area (Å²) in [5.74, 6) is 0. The third-order valence-corrected chi connectivity index (χ3v) is 2.01. The molecule has 2 aromatic rings. The van der Waals surface area contributed by atoms with Gasteiger partial charge in [0.05, 0.1) is 11.3 Å². The third-order valence-electron chi connectivity index (χ3n) is 2.01. The highest BCUT2D eigenvalue weighted by Crippen LogP contribution is 2.24. The Morgan fingerprint density at radius 1 is 1.14 bits per heavy atom. The Bertz CT molecular complexity index is 480. The van der Waals surface area contributed by atoms with Crippen LogP contribution in [-0.2, 0) is 0 Å². The molecule has 0 saturated heterocycles. The molecule has 0 amide bonds. The Hall–Kier alpha value is -2.08. The zero-order valence-electron chi connectivity index (χ0n) is 7.31. The van der Waals surface area contributed by atoms with Gasteiger partial charge in [-0.2, -0.15) is 10.1 Å². The average molecular weight is 186 g/mol. The van der Waals surface area contributed by atoms with E-state index >= 15 is 0 Å². The van der Waals surface area contributed by atoms with Gasteiger partial charge in [0.25, 0.3) is 0 Å². The highest BCUT2D eigenvalue weighted by molar-refractivity contribution is 5.67. The van der Waals surface area contributed by atoms with E-state index in [2.05, 4.69) is 0 Å². The Labute approximate surface area is 80.8 Å². The number of benzene rings is 1. The number of aromatic nitrogens is 1. The number of nitriles is 1. The second kappa shape index (κ2) is 3.35. The van der Waals surface area contributed by atoms with E-state index in [1.165, 1.54) is 12.3 Å². The van der Waals surface area contributed by atoms with Gasteiger partial charge in [-0.05, 0) is 6.07 Å². The van der Waals surface area contributed by atoms with Gasteiger partial charge in [0.2, 0.25) is 0 Å². The van der Waals surface area contributed by atoms with E-state index in [1.807, 2.05) is 24.3 Å². The molecule has 0 aliphatic carbocycles. The van der Waals surface area contributed by atoms with E-state index in [0.29, 0.717) is 21.6 Å². The van der Waals surface area contributed by atoms with Gasteiger partial charge >= 0.3 is 0 Å². The molecule has 0 radical (unpaired) electrons. The molecule has 0 N–H and O–H groups in total. The second-order valence-electron chi connectivity index (χ2n) is 2.87. The Balaban J connectivity index is 2.63. The minimum absolute atomic E-state index is 0.313. The largest absolute Gasteiger partial charge is 0.192 e. The molecule has 0 aliphatic rings. The SMILES string of the molecule is N#Cc1ccn(F)c1-c1ccccc1. The number of nitrogens with zero attached hydrogens (tertiary/aromatic N) is 2. The number of rotatable bonds is 1. The van der Waals surface area contributed by atoms with Crippen molar-refractivity contribution < 1.29 is 4.48 Å². The molecule has 2 rings (SSSR count). The predicted molar refractivity (Wildman–Crippen MR) is 51.1 cm³/mol. The van der Waals surface area contributed by atoms with Gasteiger partial charge in [0.15, 0.2) is 0 Å². The van der Waals surface area contributed by atoms with Crippen molar-refractivity contribution in [3.63, 3.8) is 0 Å². The van der Waals surface area contributed by atoms with Crippen LogP contribution in [0, 0.1) is 11.3 Å². The van der Waals surface area contributed by atoms with E-state index in [0.717, 1.165) is 0 Å². The fourth-order valence-electron chi connectivity index (χ4n) is 1.37. The van der Waals surface area contributed by atoms with Crippen molar-refractivity contribution in [3.8, 4) is 17.3 Å². The lowest BCUT2D eigenvalue weighted by Gasteiger charge is -2.00. The average Bonchev–Trinajstić information content (AvgIpc) is 2.61. The van der Waals surface area contributed by atoms with Gasteiger partial charge in [0.1, 0.15) is 6.07 Å². The van der Waals surface area contributed by atoms with Crippen molar-refractivity contribution >= 4 is 0 Å². The minimum atomic E-state index is 0.313. The quantitative estimate of drug-likeness (QED) is 0.673. The summed E-state index contributed by atoms with van der Waals surface area (Å²) in [7, 11) is 0. The van der Waals surface area contributed by atoms with Gasteiger partial charge in [-0.1, -0.05) is 34.8 Å². The Kier molecular flexibility index (Phi) is 2.04. The maximum absolute atomic E-state index is 13.2. The Morgan fingerprint density at radius 2 is 1.86 bits per heavy atom. The van der Waals surface area contributed by atoms with Crippen LogP contribution in [0.3, 0.4) is 0 Å². The lowest BCUT2D eigenvalue weighted by atomic mass is 10.1. The number of halogens is 1. The van der Waals surface area contributed by atoms with Gasteiger partial charge in [-0.25, -0.2) is 0 Å². The van der Waals surface area contributed by atoms with Crippen molar-refractivity contribution in [2.45, 2.75) is 0 Å². The molecular formula is C11H7FN2. The van der Waals surface area contributed by atoms with E-state index in [9.17, 15) is 4.48 Å². The number of hydrogen-bond acceptors (Lipinski definition) is 1. The molecule has 0 unspecified atom stereocenters. The van der Waals surface area contributed by atoms with Crippen LogP contribution in [0.1, 0.15) is 5.56 Å². The van der Waals surface area contributed by atoms with E-state index < -0.39 is 0 Å². The summed E-state index contributed by atoms with van der Waals surface area (Å²) in [5.41, 5.74) is 1.36. The summed E-state index contributed by atoms with van der Waals surface area (Å²) >= 11 is 0. The first-order valence-electron chi connectivity index (χ1n) is 4.16. The first-order chi connectivity index (χ1) is 6.83. The maximum Gasteiger partial charge on any atom is 0.102 e. The zero-order valence-corrected chi connectivity index (χ0v) is 7.31. The molecule has 1 aromatic heterocycles. The molecular weight excluding hydrogens is 179 g/mol. The summed E-state index contributed by atoms with van der Waals surface area (Å²) in [5, 5.41) is 8.76. The summed E-state index contributed by atoms with van der Waals surface area (Å²) in [6.45, 7) is 0. The first-order valence-corrected chi connectivity index (χ1v) is 4.16. The van der Waals surface area contributed by atoms with Gasteiger partial charge < -0.3 is 0 Å². The van der Waals surface area contributed by atoms with Crippen molar-refractivity contribution in [1.29, 1.82) is 5.26 Å². The minimum Gasteiger partial charge on any atom is -0.192 e. The Morgan fingerprint density at radius 3 is 2.50 bits per heavy atom. The molecule has 3 heteroatoms. The maximum atomic E-state index is 13.2. The topological polar surface area (TPSA) is 28.7 Å². The number of hydrogen-bond donors (Lipinski definition) is 0. The van der Waals surface area contributed by atoms with E-state index in [-0.39, 0.29) is 0 Å². The smallest absolute Gasteiger partial charge is 0.102 e. The van der Waals surface area contributed by atoms with Crippen LogP contribution in [0.4, 0.5) is 4.48 Å². The summed E-state index contributed by atoms with van der Waals surface area (Å²) in [4.78, 5) is 0.466. The predicted octanol–water partition coefficient (Wildman–Crippen LogP) is 2.76. The lowest BCUT2D eigenvalue weighted by molar-refractivity contribution is 0.377. The summed E-state index contributed by atoms with van der Waals surface area (Å²) < 4.78 is 13.2. The van der Waals surface area contributed by atoms with Crippen LogP contribution in [0.15, 0.2) is 42.6 Å². The van der Waals surface area contributed by atoms with Crippen molar-refractivity contribution in [3.05, 3.63) is 48.2 Å². The molecule has 2 nitrogen and oxygen atoms in total. The first kappa shape index (κ1) is 8.52. The van der Waals surface area contributed by atoms with Crippen molar-refractivity contribution in [2.24, 2.45) is 0 Å². The van der Waals surface area contributed by atoms with Crippen LogP contribution < -0.4 is 0 Å². The van der Waals surface area contributed by atoms with Gasteiger partial charge in [-0.3, -0.25) is 0 Å².